The molecular formula is C12H24N2. The summed E-state index contributed by atoms with van der Waals surface area (Å²) in [4.78, 5) is 2.64. The van der Waals surface area contributed by atoms with Crippen molar-refractivity contribution in [1.82, 2.24) is 4.90 Å². The van der Waals surface area contributed by atoms with Crippen LogP contribution < -0.4 is 5.73 Å². The number of nitrogens with zero attached hydrogens (tertiary/aromatic N) is 1. The molecule has 2 nitrogen and oxygen atoms in total. The van der Waals surface area contributed by atoms with E-state index >= 15 is 0 Å². The summed E-state index contributed by atoms with van der Waals surface area (Å²) in [5.41, 5.74) is 6.34. The third-order valence-electron chi connectivity index (χ3n) is 3.91. The lowest BCUT2D eigenvalue weighted by molar-refractivity contribution is 0.167. The van der Waals surface area contributed by atoms with Crippen LogP contribution in [0.2, 0.25) is 0 Å². The third kappa shape index (κ3) is 2.12. The number of fused-ring (bicyclic) bond motifs is 2. The van der Waals surface area contributed by atoms with Gasteiger partial charge in [-0.3, -0.25) is 4.90 Å². The monoisotopic (exact) mass is 196 g/mol. The molecule has 2 N–H and O–H groups in total. The van der Waals surface area contributed by atoms with Crippen LogP contribution in [0.1, 0.15) is 46.0 Å². The maximum Gasteiger partial charge on any atom is 0.0254 e. The second-order valence-electron chi connectivity index (χ2n) is 5.67. The Kier molecular flexibility index (Phi) is 2.85. The van der Waals surface area contributed by atoms with Crippen molar-refractivity contribution >= 4 is 0 Å². The molecule has 0 radical (unpaired) electrons. The van der Waals surface area contributed by atoms with Crippen molar-refractivity contribution in [2.45, 2.75) is 57.5 Å². The van der Waals surface area contributed by atoms with Gasteiger partial charge >= 0.3 is 0 Å². The van der Waals surface area contributed by atoms with E-state index in [1.54, 1.807) is 0 Å². The summed E-state index contributed by atoms with van der Waals surface area (Å²) >= 11 is 0. The van der Waals surface area contributed by atoms with Crippen molar-refractivity contribution in [3.63, 3.8) is 0 Å². The first-order valence-electron chi connectivity index (χ1n) is 6.13. The lowest BCUT2D eigenvalue weighted by atomic mass is 9.96. The predicted molar refractivity (Wildman–Crippen MR) is 60.2 cm³/mol. The second kappa shape index (κ2) is 3.82. The van der Waals surface area contributed by atoms with Gasteiger partial charge in [-0.1, -0.05) is 13.3 Å². The number of hydrogen-bond acceptors (Lipinski definition) is 2. The Labute approximate surface area is 87.8 Å². The molecule has 2 heteroatoms. The van der Waals surface area contributed by atoms with Gasteiger partial charge in [-0.15, -0.1) is 0 Å². The van der Waals surface area contributed by atoms with E-state index in [9.17, 15) is 0 Å². The fourth-order valence-electron chi connectivity index (χ4n) is 3.33. The summed E-state index contributed by atoms with van der Waals surface area (Å²) in [6.07, 6.45) is 6.70. The zero-order chi connectivity index (χ0) is 10.2. The van der Waals surface area contributed by atoms with Crippen LogP contribution in [0.25, 0.3) is 0 Å². The highest BCUT2D eigenvalue weighted by atomic mass is 15.2. The van der Waals surface area contributed by atoms with Crippen LogP contribution in [0, 0.1) is 5.92 Å². The van der Waals surface area contributed by atoms with Crippen molar-refractivity contribution in [3.8, 4) is 0 Å². The molecule has 3 unspecified atom stereocenters. The largest absolute Gasteiger partial charge is 0.324 e. The van der Waals surface area contributed by atoms with Gasteiger partial charge in [0.05, 0.1) is 0 Å². The standard InChI is InChI=1S/C12H24N2/c1-3-6-12(2,13)9-14-8-10-4-5-11(14)7-10/h10-11H,3-9,13H2,1-2H3. The van der Waals surface area contributed by atoms with Gasteiger partial charge in [-0.05, 0) is 38.5 Å². The third-order valence-corrected chi connectivity index (χ3v) is 3.91. The van der Waals surface area contributed by atoms with Gasteiger partial charge in [0.2, 0.25) is 0 Å². The summed E-state index contributed by atoms with van der Waals surface area (Å²) in [6, 6.07) is 0.875. The quantitative estimate of drug-likeness (QED) is 0.745. The Balaban J connectivity index is 1.86. The van der Waals surface area contributed by atoms with Crippen LogP contribution in [0.5, 0.6) is 0 Å². The molecule has 2 fully saturated rings. The molecule has 2 rings (SSSR count). The molecule has 1 saturated carbocycles. The van der Waals surface area contributed by atoms with Gasteiger partial charge in [-0.25, -0.2) is 0 Å². The van der Waals surface area contributed by atoms with Crippen LogP contribution in [0.4, 0.5) is 0 Å². The molecule has 1 aliphatic carbocycles. The molecule has 14 heavy (non-hydrogen) atoms. The number of hydrogen-bond donors (Lipinski definition) is 1. The molecule has 0 aromatic carbocycles. The fourth-order valence-corrected chi connectivity index (χ4v) is 3.33. The Morgan fingerprint density at radius 2 is 2.21 bits per heavy atom. The van der Waals surface area contributed by atoms with E-state index in [0.29, 0.717) is 0 Å². The zero-order valence-electron chi connectivity index (χ0n) is 9.63. The van der Waals surface area contributed by atoms with Gasteiger partial charge in [-0.2, -0.15) is 0 Å². The molecule has 82 valence electrons. The average Bonchev–Trinajstić information content (AvgIpc) is 2.63. The van der Waals surface area contributed by atoms with Crippen LogP contribution in [-0.4, -0.2) is 29.6 Å². The smallest absolute Gasteiger partial charge is 0.0254 e. The van der Waals surface area contributed by atoms with Gasteiger partial charge in [0.15, 0.2) is 0 Å². The van der Waals surface area contributed by atoms with Crippen molar-refractivity contribution in [2.75, 3.05) is 13.1 Å². The van der Waals surface area contributed by atoms with E-state index in [1.807, 2.05) is 0 Å². The SMILES string of the molecule is CCCC(C)(N)CN1CC2CCC1C2. The first kappa shape index (κ1) is 10.4. The first-order chi connectivity index (χ1) is 6.61. The maximum absolute atomic E-state index is 6.30. The molecule has 0 amide bonds. The van der Waals surface area contributed by atoms with Crippen molar-refractivity contribution in [3.05, 3.63) is 0 Å². The summed E-state index contributed by atoms with van der Waals surface area (Å²) < 4.78 is 0. The van der Waals surface area contributed by atoms with Crippen molar-refractivity contribution in [2.24, 2.45) is 11.7 Å². The Hall–Kier alpha value is -0.0800. The topological polar surface area (TPSA) is 29.3 Å². The Bertz CT molecular complexity index is 200. The lowest BCUT2D eigenvalue weighted by Gasteiger charge is -2.35. The summed E-state index contributed by atoms with van der Waals surface area (Å²) in [6.45, 7) is 6.87. The molecule has 0 aromatic rings. The van der Waals surface area contributed by atoms with Crippen LogP contribution in [0.15, 0.2) is 0 Å². The van der Waals surface area contributed by atoms with E-state index in [2.05, 4.69) is 18.7 Å². The normalized spacial score (nSPS) is 36.2. The number of piperidine rings is 1. The highest BCUT2D eigenvalue weighted by Gasteiger charge is 2.39. The molecule has 1 saturated heterocycles. The Morgan fingerprint density at radius 3 is 2.71 bits per heavy atom. The molecule has 2 bridgehead atoms. The maximum atomic E-state index is 6.30. The van der Waals surface area contributed by atoms with Crippen LogP contribution in [-0.2, 0) is 0 Å². The van der Waals surface area contributed by atoms with Crippen LogP contribution in [0.3, 0.4) is 0 Å². The molecule has 0 aromatic heterocycles. The fraction of sp³-hybridized carbons (Fsp3) is 1.00. The molecular weight excluding hydrogens is 172 g/mol. The van der Waals surface area contributed by atoms with Gasteiger partial charge in [0.1, 0.15) is 0 Å². The lowest BCUT2D eigenvalue weighted by Crippen LogP contribution is -2.49. The highest BCUT2D eigenvalue weighted by molar-refractivity contribution is 4.95. The first-order valence-corrected chi connectivity index (χ1v) is 6.13. The van der Waals surface area contributed by atoms with E-state index in [4.69, 9.17) is 5.73 Å². The number of nitrogens with two attached hydrogens (primary N) is 1. The molecule has 0 spiro atoms. The predicted octanol–water partition coefficient (Wildman–Crippen LogP) is 1.99. The number of likely N-dealkylation sites (tertiary alicyclic amines) is 1. The van der Waals surface area contributed by atoms with Crippen LogP contribution >= 0.6 is 0 Å². The van der Waals surface area contributed by atoms with Crippen molar-refractivity contribution in [1.29, 1.82) is 0 Å². The summed E-state index contributed by atoms with van der Waals surface area (Å²) in [7, 11) is 0. The van der Waals surface area contributed by atoms with Gasteiger partial charge < -0.3 is 5.73 Å². The van der Waals surface area contributed by atoms with Crippen molar-refractivity contribution < 1.29 is 0 Å². The van der Waals surface area contributed by atoms with E-state index in [-0.39, 0.29) is 5.54 Å². The minimum absolute atomic E-state index is 0.0409. The molecule has 3 atom stereocenters. The molecule has 2 aliphatic rings. The van der Waals surface area contributed by atoms with E-state index in [0.717, 1.165) is 24.9 Å². The Morgan fingerprint density at radius 1 is 1.43 bits per heavy atom. The minimum Gasteiger partial charge on any atom is -0.324 e. The van der Waals surface area contributed by atoms with E-state index < -0.39 is 0 Å². The highest BCUT2D eigenvalue weighted by Crippen LogP contribution is 2.37. The summed E-state index contributed by atoms with van der Waals surface area (Å²) in [5.74, 6) is 0.998. The second-order valence-corrected chi connectivity index (χ2v) is 5.67. The number of rotatable bonds is 4. The molecule has 1 heterocycles. The average molecular weight is 196 g/mol. The molecule has 1 aliphatic heterocycles. The zero-order valence-corrected chi connectivity index (χ0v) is 9.63. The van der Waals surface area contributed by atoms with E-state index in [1.165, 1.54) is 32.2 Å². The van der Waals surface area contributed by atoms with Gasteiger partial charge in [0.25, 0.3) is 0 Å². The van der Waals surface area contributed by atoms with Gasteiger partial charge in [0, 0.05) is 24.7 Å². The summed E-state index contributed by atoms with van der Waals surface area (Å²) in [5, 5.41) is 0. The minimum atomic E-state index is 0.0409.